The second-order valence-corrected chi connectivity index (χ2v) is 3.77. The van der Waals surface area contributed by atoms with E-state index in [1.807, 2.05) is 47.6 Å². The molecule has 0 unspecified atom stereocenters. The van der Waals surface area contributed by atoms with Gasteiger partial charge in [0.05, 0.1) is 0 Å². The molecule has 0 atom stereocenters. The smallest absolute Gasteiger partial charge is 0.0206 e. The van der Waals surface area contributed by atoms with Crippen LogP contribution in [-0.4, -0.2) is 19.6 Å². The summed E-state index contributed by atoms with van der Waals surface area (Å²) in [6.45, 7) is 18.1. The molecular formula is C20H40N2. The van der Waals surface area contributed by atoms with Gasteiger partial charge in [-0.15, -0.1) is 0 Å². The summed E-state index contributed by atoms with van der Waals surface area (Å²) in [5, 5.41) is 6.80. The summed E-state index contributed by atoms with van der Waals surface area (Å²) < 4.78 is 0. The minimum Gasteiger partial charge on any atom is -0.315 e. The quantitative estimate of drug-likeness (QED) is 0.495. The second-order valence-electron chi connectivity index (χ2n) is 3.77. The van der Waals surface area contributed by atoms with Crippen LogP contribution in [0.1, 0.15) is 60.5 Å². The highest BCUT2D eigenvalue weighted by atomic mass is 14.9. The molecule has 1 aromatic carbocycles. The minimum absolute atomic E-state index is 0.956. The summed E-state index contributed by atoms with van der Waals surface area (Å²) in [7, 11) is 0. The molecule has 0 aliphatic carbocycles. The SMILES string of the molecule is C/C=C\CCNCCNCc1ccccc1.CC.CC.CC. The van der Waals surface area contributed by atoms with Gasteiger partial charge in [-0.05, 0) is 25.5 Å². The van der Waals surface area contributed by atoms with E-state index in [1.165, 1.54) is 5.56 Å². The summed E-state index contributed by atoms with van der Waals surface area (Å²) in [4.78, 5) is 0. The van der Waals surface area contributed by atoms with E-state index in [4.69, 9.17) is 0 Å². The van der Waals surface area contributed by atoms with Crippen molar-refractivity contribution in [1.82, 2.24) is 10.6 Å². The Morgan fingerprint density at radius 3 is 1.86 bits per heavy atom. The Balaban J connectivity index is -0.000000535. The Bertz CT molecular complexity index is 281. The largest absolute Gasteiger partial charge is 0.315 e. The minimum atomic E-state index is 0.956. The number of allylic oxidation sites excluding steroid dienone is 1. The van der Waals surface area contributed by atoms with Crippen LogP contribution in [0.4, 0.5) is 0 Å². The molecule has 0 amide bonds. The number of hydrogen-bond acceptors (Lipinski definition) is 2. The van der Waals surface area contributed by atoms with Gasteiger partial charge in [0.1, 0.15) is 0 Å². The van der Waals surface area contributed by atoms with E-state index in [0.29, 0.717) is 0 Å². The first-order chi connectivity index (χ1) is 10.9. The predicted molar refractivity (Wildman–Crippen MR) is 104 cm³/mol. The molecule has 0 aromatic heterocycles. The molecule has 2 nitrogen and oxygen atoms in total. The standard InChI is InChI=1S/C14H22N2.3C2H6/c1-2-3-7-10-15-11-12-16-13-14-8-5-4-6-9-14;3*1-2/h2-6,8-9,15-16H,7,10-13H2,1H3;3*1-2H3/b3-2-;;;. The summed E-state index contributed by atoms with van der Waals surface area (Å²) in [6, 6.07) is 10.5. The molecule has 1 rings (SSSR count). The zero-order valence-corrected chi connectivity index (χ0v) is 16.1. The van der Waals surface area contributed by atoms with Crippen molar-refractivity contribution < 1.29 is 0 Å². The Morgan fingerprint density at radius 2 is 1.32 bits per heavy atom. The van der Waals surface area contributed by atoms with Crippen LogP contribution in [0, 0.1) is 0 Å². The predicted octanol–water partition coefficient (Wildman–Crippen LogP) is 5.41. The average Bonchev–Trinajstić information content (AvgIpc) is 2.63. The molecule has 1 aromatic rings. The van der Waals surface area contributed by atoms with Crippen LogP contribution in [0.5, 0.6) is 0 Å². The molecule has 130 valence electrons. The van der Waals surface area contributed by atoms with Crippen molar-refractivity contribution >= 4 is 0 Å². The van der Waals surface area contributed by atoms with Gasteiger partial charge in [-0.3, -0.25) is 0 Å². The van der Waals surface area contributed by atoms with Crippen molar-refractivity contribution in [3.8, 4) is 0 Å². The maximum absolute atomic E-state index is 3.41. The monoisotopic (exact) mass is 308 g/mol. The lowest BCUT2D eigenvalue weighted by molar-refractivity contribution is 0.614. The Kier molecular flexibility index (Phi) is 33.0. The van der Waals surface area contributed by atoms with Gasteiger partial charge < -0.3 is 10.6 Å². The normalized spacial score (nSPS) is 8.86. The number of benzene rings is 1. The third-order valence-corrected chi connectivity index (χ3v) is 2.37. The maximum atomic E-state index is 3.41. The van der Waals surface area contributed by atoms with E-state index in [2.05, 4.69) is 54.0 Å². The zero-order valence-electron chi connectivity index (χ0n) is 16.1. The van der Waals surface area contributed by atoms with Gasteiger partial charge in [0.15, 0.2) is 0 Å². The van der Waals surface area contributed by atoms with Gasteiger partial charge in [-0.2, -0.15) is 0 Å². The molecule has 0 saturated heterocycles. The third-order valence-electron chi connectivity index (χ3n) is 2.37. The Morgan fingerprint density at radius 1 is 0.773 bits per heavy atom. The first-order valence-corrected chi connectivity index (χ1v) is 9.00. The number of nitrogens with one attached hydrogen (secondary N) is 2. The van der Waals surface area contributed by atoms with Gasteiger partial charge in [0, 0.05) is 19.6 Å². The molecule has 2 heteroatoms. The van der Waals surface area contributed by atoms with Gasteiger partial charge in [-0.1, -0.05) is 84.0 Å². The fraction of sp³-hybridized carbons (Fsp3) is 0.600. The Labute approximate surface area is 140 Å². The Hall–Kier alpha value is -1.12. The van der Waals surface area contributed by atoms with Gasteiger partial charge >= 0.3 is 0 Å². The van der Waals surface area contributed by atoms with Crippen molar-refractivity contribution in [2.24, 2.45) is 0 Å². The highest BCUT2D eigenvalue weighted by molar-refractivity contribution is 5.14. The highest BCUT2D eigenvalue weighted by Gasteiger charge is 1.90. The van der Waals surface area contributed by atoms with E-state index in [1.54, 1.807) is 0 Å². The van der Waals surface area contributed by atoms with E-state index in [-0.39, 0.29) is 0 Å². The fourth-order valence-corrected chi connectivity index (χ4v) is 1.48. The van der Waals surface area contributed by atoms with Crippen molar-refractivity contribution in [3.05, 3.63) is 48.0 Å². The lowest BCUT2D eigenvalue weighted by Gasteiger charge is -2.05. The van der Waals surface area contributed by atoms with Crippen LogP contribution in [0.2, 0.25) is 0 Å². The summed E-state index contributed by atoms with van der Waals surface area (Å²) in [5.74, 6) is 0. The molecule has 0 bridgehead atoms. The molecule has 0 spiro atoms. The lowest BCUT2D eigenvalue weighted by atomic mass is 10.2. The van der Waals surface area contributed by atoms with E-state index in [0.717, 1.165) is 32.6 Å². The van der Waals surface area contributed by atoms with Crippen molar-refractivity contribution in [3.63, 3.8) is 0 Å². The van der Waals surface area contributed by atoms with Crippen LogP contribution in [0.25, 0.3) is 0 Å². The number of hydrogen-bond donors (Lipinski definition) is 2. The van der Waals surface area contributed by atoms with Crippen LogP contribution in [0.3, 0.4) is 0 Å². The van der Waals surface area contributed by atoms with E-state index < -0.39 is 0 Å². The molecule has 0 fully saturated rings. The third kappa shape index (κ3) is 21.2. The van der Waals surface area contributed by atoms with Gasteiger partial charge in [0.25, 0.3) is 0 Å². The summed E-state index contributed by atoms with van der Waals surface area (Å²) in [6.07, 6.45) is 5.40. The van der Waals surface area contributed by atoms with Gasteiger partial charge in [0.2, 0.25) is 0 Å². The lowest BCUT2D eigenvalue weighted by Crippen LogP contribution is -2.27. The van der Waals surface area contributed by atoms with E-state index >= 15 is 0 Å². The first-order valence-electron chi connectivity index (χ1n) is 9.00. The maximum Gasteiger partial charge on any atom is 0.0206 e. The van der Waals surface area contributed by atoms with Crippen LogP contribution in [-0.2, 0) is 6.54 Å². The average molecular weight is 309 g/mol. The number of rotatable bonds is 8. The summed E-state index contributed by atoms with van der Waals surface area (Å²) in [5.41, 5.74) is 1.34. The van der Waals surface area contributed by atoms with Crippen molar-refractivity contribution in [1.29, 1.82) is 0 Å². The molecule has 0 aliphatic heterocycles. The highest BCUT2D eigenvalue weighted by Crippen LogP contribution is 1.96. The first kappa shape index (κ1) is 25.8. The molecule has 0 heterocycles. The fourth-order valence-electron chi connectivity index (χ4n) is 1.48. The second kappa shape index (κ2) is 28.1. The zero-order chi connectivity index (χ0) is 17.5. The molecule has 0 saturated carbocycles. The van der Waals surface area contributed by atoms with Gasteiger partial charge in [-0.25, -0.2) is 0 Å². The van der Waals surface area contributed by atoms with Crippen LogP contribution < -0.4 is 10.6 Å². The molecular weight excluding hydrogens is 268 g/mol. The molecule has 0 radical (unpaired) electrons. The van der Waals surface area contributed by atoms with Crippen molar-refractivity contribution in [2.45, 2.75) is 61.4 Å². The molecule has 0 aliphatic rings. The van der Waals surface area contributed by atoms with Crippen LogP contribution >= 0.6 is 0 Å². The topological polar surface area (TPSA) is 24.1 Å². The summed E-state index contributed by atoms with van der Waals surface area (Å²) >= 11 is 0. The molecule has 2 N–H and O–H groups in total. The molecule has 22 heavy (non-hydrogen) atoms. The van der Waals surface area contributed by atoms with E-state index in [9.17, 15) is 0 Å². The van der Waals surface area contributed by atoms with Crippen molar-refractivity contribution in [2.75, 3.05) is 19.6 Å². The van der Waals surface area contributed by atoms with Crippen LogP contribution in [0.15, 0.2) is 42.5 Å².